The van der Waals surface area contributed by atoms with Crippen molar-refractivity contribution >= 4 is 45.5 Å². The second-order valence-electron chi connectivity index (χ2n) is 7.06. The minimum Gasteiger partial charge on any atom is -0.372 e. The SMILES string of the molecule is CCN(CC)c1ccc(/C=C2\C(=N)N3N=C(c4ccc(C)cc4)SC3=NC2=O)cc1. The van der Waals surface area contributed by atoms with Crippen LogP contribution < -0.4 is 4.90 Å². The van der Waals surface area contributed by atoms with Gasteiger partial charge < -0.3 is 4.90 Å². The number of carbonyl (C=O) groups is 1. The van der Waals surface area contributed by atoms with Crippen LogP contribution in [0.15, 0.2) is 64.2 Å². The number of benzene rings is 2. The Morgan fingerprint density at radius 2 is 1.73 bits per heavy atom. The molecule has 2 aliphatic rings. The highest BCUT2D eigenvalue weighted by Gasteiger charge is 2.35. The zero-order valence-electron chi connectivity index (χ0n) is 17.2. The predicted molar refractivity (Wildman–Crippen MR) is 125 cm³/mol. The molecule has 0 aliphatic carbocycles. The minimum atomic E-state index is -0.410. The Bertz CT molecular complexity index is 1080. The first kappa shape index (κ1) is 20.1. The van der Waals surface area contributed by atoms with Crippen molar-refractivity contribution in [3.05, 3.63) is 70.8 Å². The van der Waals surface area contributed by atoms with Gasteiger partial charge in [0.1, 0.15) is 5.04 Å². The van der Waals surface area contributed by atoms with Gasteiger partial charge in [0.2, 0.25) is 5.17 Å². The maximum atomic E-state index is 12.6. The number of hydrogen-bond donors (Lipinski definition) is 1. The Morgan fingerprint density at radius 1 is 1.07 bits per heavy atom. The van der Waals surface area contributed by atoms with E-state index in [9.17, 15) is 4.79 Å². The number of carbonyl (C=O) groups excluding carboxylic acids is 1. The predicted octanol–water partition coefficient (Wildman–Crippen LogP) is 4.51. The van der Waals surface area contributed by atoms with E-state index >= 15 is 0 Å². The number of hydrazone groups is 1. The number of hydrogen-bond acceptors (Lipinski definition) is 5. The Morgan fingerprint density at radius 3 is 2.37 bits per heavy atom. The summed E-state index contributed by atoms with van der Waals surface area (Å²) in [6, 6.07) is 16.0. The van der Waals surface area contributed by atoms with Gasteiger partial charge in [-0.2, -0.15) is 15.1 Å². The second kappa shape index (κ2) is 8.28. The Balaban J connectivity index is 1.60. The number of anilines is 1. The second-order valence-corrected chi connectivity index (χ2v) is 8.01. The van der Waals surface area contributed by atoms with E-state index in [-0.39, 0.29) is 11.4 Å². The highest BCUT2D eigenvalue weighted by Crippen LogP contribution is 2.31. The maximum Gasteiger partial charge on any atom is 0.283 e. The molecule has 2 aromatic carbocycles. The van der Waals surface area contributed by atoms with Crippen LogP contribution in [0, 0.1) is 12.3 Å². The first-order valence-electron chi connectivity index (χ1n) is 9.92. The average molecular weight is 418 g/mol. The molecule has 7 heteroatoms. The summed E-state index contributed by atoms with van der Waals surface area (Å²) >= 11 is 1.31. The normalized spacial score (nSPS) is 17.2. The van der Waals surface area contributed by atoms with E-state index in [2.05, 4.69) is 28.8 Å². The summed E-state index contributed by atoms with van der Waals surface area (Å²) in [5.41, 5.74) is 4.34. The summed E-state index contributed by atoms with van der Waals surface area (Å²) in [5, 5.41) is 15.7. The van der Waals surface area contributed by atoms with E-state index in [1.54, 1.807) is 6.08 Å². The van der Waals surface area contributed by atoms with Crippen molar-refractivity contribution in [2.75, 3.05) is 18.0 Å². The van der Waals surface area contributed by atoms with Crippen LogP contribution in [0.1, 0.15) is 30.5 Å². The van der Waals surface area contributed by atoms with Crippen LogP contribution in [-0.2, 0) is 4.79 Å². The lowest BCUT2D eigenvalue weighted by atomic mass is 10.1. The molecule has 4 rings (SSSR count). The molecule has 1 N–H and O–H groups in total. The highest BCUT2D eigenvalue weighted by atomic mass is 32.2. The number of nitrogens with zero attached hydrogens (tertiary/aromatic N) is 4. The third kappa shape index (κ3) is 3.80. The molecule has 0 radical (unpaired) electrons. The van der Waals surface area contributed by atoms with Crippen molar-refractivity contribution < 1.29 is 4.79 Å². The van der Waals surface area contributed by atoms with Crippen LogP contribution in [0.25, 0.3) is 6.08 Å². The average Bonchev–Trinajstić information content (AvgIpc) is 3.17. The van der Waals surface area contributed by atoms with Gasteiger partial charge in [-0.1, -0.05) is 42.0 Å². The van der Waals surface area contributed by atoms with Crippen LogP contribution in [-0.4, -0.2) is 40.1 Å². The molecule has 6 nitrogen and oxygen atoms in total. The van der Waals surface area contributed by atoms with Gasteiger partial charge in [0, 0.05) is 24.3 Å². The largest absolute Gasteiger partial charge is 0.372 e. The van der Waals surface area contributed by atoms with Crippen molar-refractivity contribution in [2.24, 2.45) is 10.1 Å². The van der Waals surface area contributed by atoms with Crippen molar-refractivity contribution in [3.8, 4) is 0 Å². The Kier molecular flexibility index (Phi) is 5.55. The van der Waals surface area contributed by atoms with Gasteiger partial charge in [0.15, 0.2) is 5.84 Å². The molecule has 0 saturated carbocycles. The van der Waals surface area contributed by atoms with Crippen molar-refractivity contribution in [1.29, 1.82) is 5.41 Å². The minimum absolute atomic E-state index is 0.0485. The fraction of sp³-hybridized carbons (Fsp3) is 0.217. The standard InChI is InChI=1S/C23H23N5OS/c1-4-27(5-2)18-12-8-16(9-13-18)14-19-20(24)28-23(25-21(19)29)30-22(26-28)17-10-6-15(3)7-11-17/h6-14,24H,4-5H2,1-3H3/b19-14+,24-20?. The number of aliphatic imine (C=N–C) groups is 1. The lowest BCUT2D eigenvalue weighted by molar-refractivity contribution is -0.114. The van der Waals surface area contributed by atoms with Crippen LogP contribution >= 0.6 is 11.8 Å². The molecular weight excluding hydrogens is 394 g/mol. The lowest BCUT2D eigenvalue weighted by Gasteiger charge is -2.21. The van der Waals surface area contributed by atoms with Crippen molar-refractivity contribution in [3.63, 3.8) is 0 Å². The molecular formula is C23H23N5OS. The molecule has 0 bridgehead atoms. The van der Waals surface area contributed by atoms with Gasteiger partial charge in [-0.3, -0.25) is 10.2 Å². The van der Waals surface area contributed by atoms with Crippen LogP contribution in [0.2, 0.25) is 0 Å². The lowest BCUT2D eigenvalue weighted by Crippen LogP contribution is -2.35. The van der Waals surface area contributed by atoms with Crippen molar-refractivity contribution in [2.45, 2.75) is 20.8 Å². The molecule has 0 aromatic heterocycles. The van der Waals surface area contributed by atoms with Crippen LogP contribution in [0.4, 0.5) is 5.69 Å². The molecule has 2 aliphatic heterocycles. The molecule has 1 amide bonds. The summed E-state index contributed by atoms with van der Waals surface area (Å²) in [7, 11) is 0. The first-order chi connectivity index (χ1) is 14.5. The van der Waals surface area contributed by atoms with E-state index in [0.717, 1.165) is 40.5 Å². The third-order valence-corrected chi connectivity index (χ3v) is 6.04. The van der Waals surface area contributed by atoms with E-state index in [0.29, 0.717) is 5.17 Å². The van der Waals surface area contributed by atoms with Gasteiger partial charge >= 0.3 is 0 Å². The van der Waals surface area contributed by atoms with E-state index in [1.165, 1.54) is 16.8 Å². The summed E-state index contributed by atoms with van der Waals surface area (Å²) < 4.78 is 0. The molecule has 2 aromatic rings. The van der Waals surface area contributed by atoms with Gasteiger partial charge in [-0.15, -0.1) is 0 Å². The summed E-state index contributed by atoms with van der Waals surface area (Å²) in [6.07, 6.45) is 1.71. The van der Waals surface area contributed by atoms with E-state index in [4.69, 9.17) is 5.41 Å². The Labute approximate surface area is 180 Å². The summed E-state index contributed by atoms with van der Waals surface area (Å²) in [5.74, 6) is -0.362. The van der Waals surface area contributed by atoms with Crippen LogP contribution in [0.5, 0.6) is 0 Å². The number of amides is 1. The molecule has 30 heavy (non-hydrogen) atoms. The number of fused-ring (bicyclic) bond motifs is 1. The molecule has 0 spiro atoms. The Hall–Kier alpha value is -3.19. The number of thioether (sulfide) groups is 1. The highest BCUT2D eigenvalue weighted by molar-refractivity contribution is 8.27. The monoisotopic (exact) mass is 417 g/mol. The zero-order chi connectivity index (χ0) is 21.3. The fourth-order valence-electron chi connectivity index (χ4n) is 3.34. The van der Waals surface area contributed by atoms with Gasteiger partial charge in [-0.05, 0) is 56.3 Å². The topological polar surface area (TPSA) is 72.1 Å². The van der Waals surface area contributed by atoms with E-state index < -0.39 is 5.91 Å². The summed E-state index contributed by atoms with van der Waals surface area (Å²) in [4.78, 5) is 19.0. The van der Waals surface area contributed by atoms with Gasteiger partial charge in [0.25, 0.3) is 5.91 Å². The maximum absolute atomic E-state index is 12.6. The molecule has 0 fully saturated rings. The van der Waals surface area contributed by atoms with Gasteiger partial charge in [-0.25, -0.2) is 0 Å². The number of amidine groups is 2. The van der Waals surface area contributed by atoms with Crippen LogP contribution in [0.3, 0.4) is 0 Å². The number of aryl methyl sites for hydroxylation is 1. The number of rotatable bonds is 5. The van der Waals surface area contributed by atoms with Gasteiger partial charge in [0.05, 0.1) is 5.57 Å². The fourth-order valence-corrected chi connectivity index (χ4v) is 4.24. The van der Waals surface area contributed by atoms with Crippen molar-refractivity contribution in [1.82, 2.24) is 5.01 Å². The zero-order valence-corrected chi connectivity index (χ0v) is 18.0. The number of nitrogens with one attached hydrogen (secondary N) is 1. The third-order valence-electron chi connectivity index (χ3n) is 5.09. The molecule has 2 heterocycles. The summed E-state index contributed by atoms with van der Waals surface area (Å²) in [6.45, 7) is 8.14. The molecule has 152 valence electrons. The quantitative estimate of drug-likeness (QED) is 0.727. The smallest absolute Gasteiger partial charge is 0.283 e. The molecule has 0 saturated heterocycles. The molecule has 0 unspecified atom stereocenters. The first-order valence-corrected chi connectivity index (χ1v) is 10.7. The van der Waals surface area contributed by atoms with E-state index in [1.807, 2.05) is 55.5 Å². The molecule has 0 atom stereocenters.